The molecular weight excluding hydrogens is 356 g/mol. The Morgan fingerprint density at radius 2 is 1.79 bits per heavy atom. The van der Waals surface area contributed by atoms with Gasteiger partial charge < -0.3 is 20.3 Å². The molecule has 2 amide bonds. The summed E-state index contributed by atoms with van der Waals surface area (Å²) in [6, 6.07) is 4.26. The van der Waals surface area contributed by atoms with Crippen LogP contribution in [0.5, 0.6) is 0 Å². The van der Waals surface area contributed by atoms with Crippen molar-refractivity contribution in [3.8, 4) is 0 Å². The number of piperidine rings is 1. The van der Waals surface area contributed by atoms with Gasteiger partial charge in [0.25, 0.3) is 5.91 Å². The number of anilines is 1. The second kappa shape index (κ2) is 10.3. The van der Waals surface area contributed by atoms with E-state index < -0.39 is 0 Å². The SMILES string of the molecule is CCOC(=O)N1CCC(Nc2ccc(C(=O)NC3CCCCCC3)nc2)CC1. The zero-order chi connectivity index (χ0) is 19.8. The van der Waals surface area contributed by atoms with E-state index >= 15 is 0 Å². The predicted octanol–water partition coefficient (Wildman–Crippen LogP) is 3.57. The molecule has 1 aromatic rings. The summed E-state index contributed by atoms with van der Waals surface area (Å²) in [4.78, 5) is 30.3. The number of nitrogens with zero attached hydrogens (tertiary/aromatic N) is 2. The van der Waals surface area contributed by atoms with Gasteiger partial charge in [0.1, 0.15) is 5.69 Å². The van der Waals surface area contributed by atoms with Crippen molar-refractivity contribution in [3.05, 3.63) is 24.0 Å². The second-order valence-corrected chi connectivity index (χ2v) is 7.70. The number of hydrogen-bond acceptors (Lipinski definition) is 5. The van der Waals surface area contributed by atoms with E-state index in [0.717, 1.165) is 31.4 Å². The molecule has 2 fully saturated rings. The maximum Gasteiger partial charge on any atom is 0.409 e. The number of carbonyl (C=O) groups excluding carboxylic acids is 2. The van der Waals surface area contributed by atoms with Crippen molar-refractivity contribution in [2.24, 2.45) is 0 Å². The zero-order valence-corrected chi connectivity index (χ0v) is 16.8. The molecule has 7 heteroatoms. The third kappa shape index (κ3) is 5.84. The number of nitrogens with one attached hydrogen (secondary N) is 2. The van der Waals surface area contributed by atoms with Gasteiger partial charge in [-0.05, 0) is 44.7 Å². The summed E-state index contributed by atoms with van der Waals surface area (Å²) in [5.74, 6) is -0.0822. The Balaban J connectivity index is 1.45. The number of amides is 2. The van der Waals surface area contributed by atoms with Crippen LogP contribution in [0.1, 0.15) is 68.8 Å². The summed E-state index contributed by atoms with van der Waals surface area (Å²) < 4.78 is 5.05. The van der Waals surface area contributed by atoms with E-state index in [1.807, 2.05) is 13.0 Å². The van der Waals surface area contributed by atoms with Gasteiger partial charge in [-0.2, -0.15) is 0 Å². The van der Waals surface area contributed by atoms with Crippen molar-refractivity contribution in [1.82, 2.24) is 15.2 Å². The molecule has 0 aromatic carbocycles. The lowest BCUT2D eigenvalue weighted by Gasteiger charge is -2.32. The topological polar surface area (TPSA) is 83.6 Å². The Bertz CT molecular complexity index is 634. The number of rotatable bonds is 5. The van der Waals surface area contributed by atoms with Crippen LogP contribution < -0.4 is 10.6 Å². The van der Waals surface area contributed by atoms with Crippen molar-refractivity contribution in [3.63, 3.8) is 0 Å². The number of hydrogen-bond donors (Lipinski definition) is 2. The molecule has 1 aromatic heterocycles. The number of carbonyl (C=O) groups is 2. The van der Waals surface area contributed by atoms with Gasteiger partial charge in [-0.1, -0.05) is 25.7 Å². The summed E-state index contributed by atoms with van der Waals surface area (Å²) in [5, 5.41) is 6.59. The van der Waals surface area contributed by atoms with Crippen molar-refractivity contribution < 1.29 is 14.3 Å². The molecule has 2 heterocycles. The molecule has 0 radical (unpaired) electrons. The van der Waals surface area contributed by atoms with Gasteiger partial charge in [-0.3, -0.25) is 4.79 Å². The van der Waals surface area contributed by atoms with Crippen molar-refractivity contribution in [1.29, 1.82) is 0 Å². The third-order valence-corrected chi connectivity index (χ3v) is 5.58. The van der Waals surface area contributed by atoms with Gasteiger partial charge in [0.2, 0.25) is 0 Å². The number of aromatic nitrogens is 1. The summed E-state index contributed by atoms with van der Waals surface area (Å²) in [7, 11) is 0. The molecule has 154 valence electrons. The van der Waals surface area contributed by atoms with Crippen LogP contribution in [0.2, 0.25) is 0 Å². The van der Waals surface area contributed by atoms with E-state index in [1.165, 1.54) is 25.7 Å². The second-order valence-electron chi connectivity index (χ2n) is 7.70. The molecule has 7 nitrogen and oxygen atoms in total. The number of ether oxygens (including phenoxy) is 1. The van der Waals surface area contributed by atoms with E-state index in [-0.39, 0.29) is 24.1 Å². The van der Waals surface area contributed by atoms with Crippen LogP contribution in [-0.4, -0.2) is 53.7 Å². The molecule has 1 aliphatic heterocycles. The van der Waals surface area contributed by atoms with Crippen molar-refractivity contribution in [2.75, 3.05) is 25.0 Å². The minimum absolute atomic E-state index is 0.0822. The maximum absolute atomic E-state index is 12.4. The first kappa shape index (κ1) is 20.4. The molecule has 0 bridgehead atoms. The quantitative estimate of drug-likeness (QED) is 0.754. The molecule has 1 aliphatic carbocycles. The molecule has 0 spiro atoms. The van der Waals surface area contributed by atoms with Gasteiger partial charge in [0, 0.05) is 25.2 Å². The molecule has 0 unspecified atom stereocenters. The van der Waals surface area contributed by atoms with Gasteiger partial charge >= 0.3 is 6.09 Å². The standard InChI is InChI=1S/C21H32N4O3/c1-2-28-21(27)25-13-11-17(12-14-25)23-18-9-10-19(22-15-18)20(26)24-16-7-5-3-4-6-8-16/h9-10,15-17,23H,2-8,11-14H2,1H3,(H,24,26). The Labute approximate surface area is 167 Å². The largest absolute Gasteiger partial charge is 0.450 e. The maximum atomic E-state index is 12.4. The molecule has 1 saturated carbocycles. The van der Waals surface area contributed by atoms with E-state index in [9.17, 15) is 9.59 Å². The molecule has 2 aliphatic rings. The first-order chi connectivity index (χ1) is 13.7. The fourth-order valence-electron chi connectivity index (χ4n) is 3.95. The van der Waals surface area contributed by atoms with E-state index in [1.54, 1.807) is 17.2 Å². The van der Waals surface area contributed by atoms with Crippen molar-refractivity contribution in [2.45, 2.75) is 70.4 Å². The summed E-state index contributed by atoms with van der Waals surface area (Å²) in [6.45, 7) is 3.60. The fraction of sp³-hybridized carbons (Fsp3) is 0.667. The molecule has 28 heavy (non-hydrogen) atoms. The average molecular weight is 389 g/mol. The molecule has 3 rings (SSSR count). The predicted molar refractivity (Wildman–Crippen MR) is 108 cm³/mol. The van der Waals surface area contributed by atoms with Crippen LogP contribution in [0.4, 0.5) is 10.5 Å². The van der Waals surface area contributed by atoms with Crippen LogP contribution >= 0.6 is 0 Å². The Kier molecular flexibility index (Phi) is 7.51. The fourth-order valence-corrected chi connectivity index (χ4v) is 3.95. The normalized spacial score (nSPS) is 19.0. The minimum Gasteiger partial charge on any atom is -0.450 e. The van der Waals surface area contributed by atoms with Gasteiger partial charge in [-0.15, -0.1) is 0 Å². The van der Waals surface area contributed by atoms with E-state index in [0.29, 0.717) is 25.4 Å². The molecule has 0 atom stereocenters. The lowest BCUT2D eigenvalue weighted by Crippen LogP contribution is -2.42. The lowest BCUT2D eigenvalue weighted by molar-refractivity contribution is 0.0927. The van der Waals surface area contributed by atoms with Crippen LogP contribution in [0, 0.1) is 0 Å². The summed E-state index contributed by atoms with van der Waals surface area (Å²) in [5.41, 5.74) is 1.37. The van der Waals surface area contributed by atoms with Crippen LogP contribution in [0.3, 0.4) is 0 Å². The smallest absolute Gasteiger partial charge is 0.409 e. The Morgan fingerprint density at radius 3 is 2.39 bits per heavy atom. The average Bonchev–Trinajstić information content (AvgIpc) is 2.98. The summed E-state index contributed by atoms with van der Waals surface area (Å²) >= 11 is 0. The molecular formula is C21H32N4O3. The summed E-state index contributed by atoms with van der Waals surface area (Å²) in [6.07, 6.45) is 10.3. The lowest BCUT2D eigenvalue weighted by atomic mass is 10.1. The van der Waals surface area contributed by atoms with Crippen molar-refractivity contribution >= 4 is 17.7 Å². The number of pyridine rings is 1. The first-order valence-corrected chi connectivity index (χ1v) is 10.6. The molecule has 1 saturated heterocycles. The van der Waals surface area contributed by atoms with Crippen LogP contribution in [0.15, 0.2) is 18.3 Å². The Hall–Kier alpha value is -2.31. The van der Waals surface area contributed by atoms with Gasteiger partial charge in [-0.25, -0.2) is 9.78 Å². The Morgan fingerprint density at radius 1 is 1.07 bits per heavy atom. The van der Waals surface area contributed by atoms with Gasteiger partial charge in [0.15, 0.2) is 0 Å². The van der Waals surface area contributed by atoms with Crippen LogP contribution in [0.25, 0.3) is 0 Å². The highest BCUT2D eigenvalue weighted by Gasteiger charge is 2.23. The third-order valence-electron chi connectivity index (χ3n) is 5.58. The van der Waals surface area contributed by atoms with Crippen LogP contribution in [-0.2, 0) is 4.74 Å². The highest BCUT2D eigenvalue weighted by Crippen LogP contribution is 2.19. The first-order valence-electron chi connectivity index (χ1n) is 10.6. The number of likely N-dealkylation sites (tertiary alicyclic amines) is 1. The highest BCUT2D eigenvalue weighted by molar-refractivity contribution is 5.92. The molecule has 2 N–H and O–H groups in total. The highest BCUT2D eigenvalue weighted by atomic mass is 16.6. The van der Waals surface area contributed by atoms with E-state index in [2.05, 4.69) is 15.6 Å². The zero-order valence-electron chi connectivity index (χ0n) is 16.8. The monoisotopic (exact) mass is 388 g/mol. The minimum atomic E-state index is -0.230. The van der Waals surface area contributed by atoms with E-state index in [4.69, 9.17) is 4.74 Å². The van der Waals surface area contributed by atoms with Gasteiger partial charge in [0.05, 0.1) is 18.5 Å².